The monoisotopic (exact) mass is 340 g/mol. The second-order valence-electron chi connectivity index (χ2n) is 5.43. The van der Waals surface area contributed by atoms with E-state index in [1.165, 1.54) is 22.5 Å². The molecule has 1 heterocycles. The van der Waals surface area contributed by atoms with Crippen molar-refractivity contribution in [3.63, 3.8) is 0 Å². The molecule has 1 aliphatic heterocycles. The van der Waals surface area contributed by atoms with Crippen molar-refractivity contribution < 1.29 is 18.1 Å². The lowest BCUT2D eigenvalue weighted by atomic mass is 9.99. The van der Waals surface area contributed by atoms with Crippen LogP contribution >= 0.6 is 0 Å². The minimum atomic E-state index is -3.69. The van der Waals surface area contributed by atoms with Crippen LogP contribution in [0.1, 0.15) is 12.8 Å². The number of non-ortho nitro benzene ring substituents is 1. The van der Waals surface area contributed by atoms with E-state index >= 15 is 0 Å². The molecule has 1 aliphatic rings. The van der Waals surface area contributed by atoms with Crippen molar-refractivity contribution in [1.29, 1.82) is 0 Å². The Labute approximate surface area is 135 Å². The fourth-order valence-corrected chi connectivity index (χ4v) is 4.05. The van der Waals surface area contributed by atoms with Crippen LogP contribution in [-0.4, -0.2) is 43.9 Å². The summed E-state index contributed by atoms with van der Waals surface area (Å²) in [5, 5.41) is 10.8. The molecule has 0 amide bonds. The lowest BCUT2D eigenvalue weighted by Crippen LogP contribution is -2.39. The standard InChI is InChI=1S/C15H20N2O5S/c1-2-10-22-12-13-6-8-16(9-7-13)23(20,21)15-5-3-4-14(11-15)17(18)19/h2-5,11,13H,1,6-10,12H2. The van der Waals surface area contributed by atoms with Gasteiger partial charge in [0.25, 0.3) is 5.69 Å². The molecule has 0 unspecified atom stereocenters. The zero-order valence-electron chi connectivity index (χ0n) is 12.8. The molecule has 8 heteroatoms. The van der Waals surface area contributed by atoms with Crippen LogP contribution in [0.3, 0.4) is 0 Å². The van der Waals surface area contributed by atoms with Crippen LogP contribution in [0, 0.1) is 16.0 Å². The van der Waals surface area contributed by atoms with E-state index in [2.05, 4.69) is 6.58 Å². The highest BCUT2D eigenvalue weighted by atomic mass is 32.2. The number of nitrogens with zero attached hydrogens (tertiary/aromatic N) is 2. The summed E-state index contributed by atoms with van der Waals surface area (Å²) >= 11 is 0. The third-order valence-corrected chi connectivity index (χ3v) is 5.72. The molecule has 1 aromatic rings. The van der Waals surface area contributed by atoms with E-state index in [1.54, 1.807) is 6.08 Å². The molecule has 1 aromatic carbocycles. The highest BCUT2D eigenvalue weighted by Crippen LogP contribution is 2.25. The smallest absolute Gasteiger partial charge is 0.270 e. The second kappa shape index (κ2) is 7.67. The average Bonchev–Trinajstić information content (AvgIpc) is 2.55. The quantitative estimate of drug-likeness (QED) is 0.328. The molecule has 2 rings (SSSR count). The van der Waals surface area contributed by atoms with Crippen molar-refractivity contribution in [3.05, 3.63) is 47.0 Å². The zero-order chi connectivity index (χ0) is 16.9. The van der Waals surface area contributed by atoms with Crippen molar-refractivity contribution in [2.75, 3.05) is 26.3 Å². The normalized spacial score (nSPS) is 17.0. The third kappa shape index (κ3) is 4.37. The topological polar surface area (TPSA) is 89.8 Å². The molecule has 0 spiro atoms. The Morgan fingerprint density at radius 3 is 2.70 bits per heavy atom. The van der Waals surface area contributed by atoms with Crippen LogP contribution in [0.5, 0.6) is 0 Å². The van der Waals surface area contributed by atoms with E-state index < -0.39 is 14.9 Å². The molecule has 0 atom stereocenters. The molecular formula is C15H20N2O5S. The summed E-state index contributed by atoms with van der Waals surface area (Å²) in [6.07, 6.45) is 3.11. The van der Waals surface area contributed by atoms with Gasteiger partial charge in [0.1, 0.15) is 0 Å². The molecule has 7 nitrogen and oxygen atoms in total. The van der Waals surface area contributed by atoms with E-state index in [1.807, 2.05) is 0 Å². The number of hydrogen-bond donors (Lipinski definition) is 0. The molecule has 23 heavy (non-hydrogen) atoms. The van der Waals surface area contributed by atoms with Gasteiger partial charge in [0.2, 0.25) is 10.0 Å². The molecule has 1 fully saturated rings. The summed E-state index contributed by atoms with van der Waals surface area (Å²) in [5.74, 6) is 0.325. The number of nitro benzene ring substituents is 1. The van der Waals surface area contributed by atoms with Crippen LogP contribution in [0.2, 0.25) is 0 Å². The number of benzene rings is 1. The van der Waals surface area contributed by atoms with Gasteiger partial charge in [0.05, 0.1) is 16.4 Å². The number of nitro groups is 1. The van der Waals surface area contributed by atoms with E-state index in [-0.39, 0.29) is 10.6 Å². The number of hydrogen-bond acceptors (Lipinski definition) is 5. The Morgan fingerprint density at radius 1 is 1.39 bits per heavy atom. The van der Waals surface area contributed by atoms with Gasteiger partial charge in [-0.3, -0.25) is 10.1 Å². The number of ether oxygens (including phenoxy) is 1. The molecule has 0 aliphatic carbocycles. The largest absolute Gasteiger partial charge is 0.377 e. The molecule has 0 N–H and O–H groups in total. The molecule has 0 bridgehead atoms. The van der Waals surface area contributed by atoms with Crippen LogP contribution in [0.15, 0.2) is 41.8 Å². The van der Waals surface area contributed by atoms with Gasteiger partial charge in [0.15, 0.2) is 0 Å². The predicted octanol–water partition coefficient (Wildman–Crippen LogP) is 2.20. The van der Waals surface area contributed by atoms with Crippen LogP contribution in [0.4, 0.5) is 5.69 Å². The third-order valence-electron chi connectivity index (χ3n) is 3.83. The maximum absolute atomic E-state index is 12.6. The fourth-order valence-electron chi connectivity index (χ4n) is 2.54. The zero-order valence-corrected chi connectivity index (χ0v) is 13.6. The average molecular weight is 340 g/mol. The van der Waals surface area contributed by atoms with Gasteiger partial charge >= 0.3 is 0 Å². The number of piperidine rings is 1. The summed E-state index contributed by atoms with van der Waals surface area (Å²) < 4.78 is 32.0. The van der Waals surface area contributed by atoms with Gasteiger partial charge in [0, 0.05) is 31.8 Å². The summed E-state index contributed by atoms with van der Waals surface area (Å²) in [7, 11) is -3.69. The first kappa shape index (κ1) is 17.6. The number of sulfonamides is 1. The summed E-state index contributed by atoms with van der Waals surface area (Å²) in [6.45, 7) is 5.46. The molecule has 0 saturated carbocycles. The summed E-state index contributed by atoms with van der Waals surface area (Å²) in [4.78, 5) is 10.2. The van der Waals surface area contributed by atoms with Gasteiger partial charge in [-0.1, -0.05) is 12.1 Å². The van der Waals surface area contributed by atoms with Gasteiger partial charge in [-0.15, -0.1) is 6.58 Å². The number of rotatable bonds is 7. The Morgan fingerprint density at radius 2 is 2.09 bits per heavy atom. The van der Waals surface area contributed by atoms with Gasteiger partial charge in [-0.25, -0.2) is 8.42 Å². The Kier molecular flexibility index (Phi) is 5.86. The fraction of sp³-hybridized carbons (Fsp3) is 0.467. The lowest BCUT2D eigenvalue weighted by Gasteiger charge is -2.31. The Bertz CT molecular complexity index is 666. The highest BCUT2D eigenvalue weighted by Gasteiger charge is 2.30. The van der Waals surface area contributed by atoms with E-state index in [0.717, 1.165) is 6.07 Å². The van der Waals surface area contributed by atoms with Crippen molar-refractivity contribution in [1.82, 2.24) is 4.31 Å². The Balaban J connectivity index is 2.03. The van der Waals surface area contributed by atoms with Gasteiger partial charge in [-0.2, -0.15) is 4.31 Å². The maximum atomic E-state index is 12.6. The molecule has 126 valence electrons. The Hall–Kier alpha value is -1.77. The molecule has 1 saturated heterocycles. The van der Waals surface area contributed by atoms with E-state index in [9.17, 15) is 18.5 Å². The molecule has 0 radical (unpaired) electrons. The molecule has 0 aromatic heterocycles. The van der Waals surface area contributed by atoms with Crippen molar-refractivity contribution in [2.45, 2.75) is 17.7 Å². The SMILES string of the molecule is C=CCOCC1CCN(S(=O)(=O)c2cccc([N+](=O)[O-])c2)CC1. The van der Waals surface area contributed by atoms with Gasteiger partial charge < -0.3 is 4.74 Å². The van der Waals surface area contributed by atoms with Crippen molar-refractivity contribution in [3.8, 4) is 0 Å². The minimum Gasteiger partial charge on any atom is -0.377 e. The molecular weight excluding hydrogens is 320 g/mol. The lowest BCUT2D eigenvalue weighted by molar-refractivity contribution is -0.385. The van der Waals surface area contributed by atoms with Crippen LogP contribution in [-0.2, 0) is 14.8 Å². The summed E-state index contributed by atoms with van der Waals surface area (Å²) in [6, 6.07) is 5.17. The van der Waals surface area contributed by atoms with E-state index in [0.29, 0.717) is 45.1 Å². The maximum Gasteiger partial charge on any atom is 0.270 e. The van der Waals surface area contributed by atoms with E-state index in [4.69, 9.17) is 4.74 Å². The van der Waals surface area contributed by atoms with Crippen LogP contribution in [0.25, 0.3) is 0 Å². The second-order valence-corrected chi connectivity index (χ2v) is 7.37. The minimum absolute atomic E-state index is 0.0342. The first-order valence-corrected chi connectivity index (χ1v) is 8.82. The van der Waals surface area contributed by atoms with Crippen molar-refractivity contribution >= 4 is 15.7 Å². The van der Waals surface area contributed by atoms with Gasteiger partial charge in [-0.05, 0) is 24.8 Å². The van der Waals surface area contributed by atoms with Crippen LogP contribution < -0.4 is 0 Å². The van der Waals surface area contributed by atoms with Crippen molar-refractivity contribution in [2.24, 2.45) is 5.92 Å². The first-order chi connectivity index (χ1) is 10.9. The first-order valence-electron chi connectivity index (χ1n) is 7.38. The predicted molar refractivity (Wildman–Crippen MR) is 85.6 cm³/mol. The summed E-state index contributed by atoms with van der Waals surface area (Å²) in [5.41, 5.74) is -0.223. The highest BCUT2D eigenvalue weighted by molar-refractivity contribution is 7.89.